The number of fused-ring (bicyclic) bond motifs is 1. The fraction of sp³-hybridized carbons (Fsp3) is 0.462. The van der Waals surface area contributed by atoms with Crippen LogP contribution >= 0.6 is 0 Å². The first-order valence-corrected chi connectivity index (χ1v) is 6.01. The quantitative estimate of drug-likeness (QED) is 0.562. The highest BCUT2D eigenvalue weighted by atomic mass is 16.6. The van der Waals surface area contributed by atoms with E-state index in [1.54, 1.807) is 24.0 Å². The second-order valence-electron chi connectivity index (χ2n) is 4.66. The molecule has 0 fully saturated rings. The Kier molecular flexibility index (Phi) is 3.32. The van der Waals surface area contributed by atoms with Gasteiger partial charge in [0.1, 0.15) is 0 Å². The molecule has 0 radical (unpaired) electrons. The maximum absolute atomic E-state index is 11.4. The molecular formula is C13H16N2O3. The number of nitro benzene ring substituents is 1. The van der Waals surface area contributed by atoms with Gasteiger partial charge in [0.15, 0.2) is 0 Å². The zero-order chi connectivity index (χ0) is 13.3. The Bertz CT molecular complexity index is 511. The SMILES string of the molecule is CC(=O)N1CCc2cc([N+](=O)[O-])cc(C)c2CC1. The summed E-state index contributed by atoms with van der Waals surface area (Å²) in [5, 5.41) is 10.8. The summed E-state index contributed by atoms with van der Waals surface area (Å²) in [7, 11) is 0. The second-order valence-corrected chi connectivity index (χ2v) is 4.66. The molecule has 0 bridgehead atoms. The number of rotatable bonds is 1. The summed E-state index contributed by atoms with van der Waals surface area (Å²) in [6.07, 6.45) is 1.47. The van der Waals surface area contributed by atoms with E-state index in [1.165, 1.54) is 0 Å². The summed E-state index contributed by atoms with van der Waals surface area (Å²) in [6, 6.07) is 3.26. The molecule has 0 N–H and O–H groups in total. The lowest BCUT2D eigenvalue weighted by Crippen LogP contribution is -2.30. The molecule has 5 heteroatoms. The van der Waals surface area contributed by atoms with Crippen molar-refractivity contribution >= 4 is 11.6 Å². The van der Waals surface area contributed by atoms with Crippen molar-refractivity contribution in [1.82, 2.24) is 4.90 Å². The van der Waals surface area contributed by atoms with Gasteiger partial charge in [0, 0.05) is 32.1 Å². The van der Waals surface area contributed by atoms with E-state index in [2.05, 4.69) is 0 Å². The van der Waals surface area contributed by atoms with Crippen LogP contribution < -0.4 is 0 Å². The van der Waals surface area contributed by atoms with E-state index in [9.17, 15) is 14.9 Å². The first-order valence-electron chi connectivity index (χ1n) is 6.01. The third kappa shape index (κ3) is 2.34. The Morgan fingerprint density at radius 3 is 2.61 bits per heavy atom. The number of nitrogens with zero attached hydrogens (tertiary/aromatic N) is 2. The molecule has 0 spiro atoms. The Balaban J connectivity index is 2.35. The zero-order valence-corrected chi connectivity index (χ0v) is 10.6. The molecule has 1 aromatic carbocycles. The number of aryl methyl sites for hydroxylation is 1. The Morgan fingerprint density at radius 1 is 1.33 bits per heavy atom. The van der Waals surface area contributed by atoms with E-state index < -0.39 is 0 Å². The van der Waals surface area contributed by atoms with Crippen LogP contribution in [0.3, 0.4) is 0 Å². The van der Waals surface area contributed by atoms with E-state index in [4.69, 9.17) is 0 Å². The molecule has 0 saturated carbocycles. The van der Waals surface area contributed by atoms with Crippen LogP contribution in [0.1, 0.15) is 23.6 Å². The van der Waals surface area contributed by atoms with Gasteiger partial charge in [0.05, 0.1) is 4.92 Å². The van der Waals surface area contributed by atoms with Crippen LogP contribution in [-0.4, -0.2) is 28.8 Å². The minimum atomic E-state index is -0.360. The number of carbonyl (C=O) groups is 1. The third-order valence-electron chi connectivity index (χ3n) is 3.49. The van der Waals surface area contributed by atoms with E-state index >= 15 is 0 Å². The first-order chi connectivity index (χ1) is 8.49. The number of benzene rings is 1. The molecule has 0 saturated heterocycles. The highest BCUT2D eigenvalue weighted by Gasteiger charge is 2.20. The number of nitro groups is 1. The van der Waals surface area contributed by atoms with Gasteiger partial charge in [-0.3, -0.25) is 14.9 Å². The van der Waals surface area contributed by atoms with Gasteiger partial charge in [-0.05, 0) is 36.5 Å². The first kappa shape index (κ1) is 12.5. The third-order valence-corrected chi connectivity index (χ3v) is 3.49. The molecule has 0 atom stereocenters. The summed E-state index contributed by atoms with van der Waals surface area (Å²) in [5.74, 6) is 0.0648. The fourth-order valence-corrected chi connectivity index (χ4v) is 2.48. The molecule has 1 amide bonds. The normalized spacial score (nSPS) is 14.9. The standard InChI is InChI=1S/C13H16N2O3/c1-9-7-12(15(17)18)8-11-3-5-14(10(2)16)6-4-13(9)11/h7-8H,3-6H2,1-2H3. The molecule has 1 aliphatic rings. The van der Waals surface area contributed by atoms with Gasteiger partial charge in [0.2, 0.25) is 5.91 Å². The van der Waals surface area contributed by atoms with E-state index in [-0.39, 0.29) is 16.5 Å². The highest BCUT2D eigenvalue weighted by molar-refractivity contribution is 5.73. The van der Waals surface area contributed by atoms with Crippen LogP contribution in [0.25, 0.3) is 0 Å². The Morgan fingerprint density at radius 2 is 2.00 bits per heavy atom. The molecule has 0 aromatic heterocycles. The molecule has 0 unspecified atom stereocenters. The smallest absolute Gasteiger partial charge is 0.269 e. The maximum atomic E-state index is 11.4. The lowest BCUT2D eigenvalue weighted by atomic mass is 9.97. The van der Waals surface area contributed by atoms with E-state index in [0.717, 1.165) is 23.1 Å². The molecule has 1 aromatic rings. The topological polar surface area (TPSA) is 63.5 Å². The molecule has 0 aliphatic carbocycles. The minimum absolute atomic E-state index is 0.0648. The van der Waals surface area contributed by atoms with Crippen molar-refractivity contribution in [2.75, 3.05) is 13.1 Å². The average molecular weight is 248 g/mol. The van der Waals surface area contributed by atoms with Gasteiger partial charge in [0.25, 0.3) is 5.69 Å². The van der Waals surface area contributed by atoms with Crippen LogP contribution in [0.5, 0.6) is 0 Å². The lowest BCUT2D eigenvalue weighted by Gasteiger charge is -2.17. The van der Waals surface area contributed by atoms with Gasteiger partial charge >= 0.3 is 0 Å². The molecular weight excluding hydrogens is 232 g/mol. The fourth-order valence-electron chi connectivity index (χ4n) is 2.48. The van der Waals surface area contributed by atoms with Gasteiger partial charge < -0.3 is 4.90 Å². The van der Waals surface area contributed by atoms with Crippen molar-refractivity contribution in [2.45, 2.75) is 26.7 Å². The van der Waals surface area contributed by atoms with Gasteiger partial charge in [-0.2, -0.15) is 0 Å². The number of non-ortho nitro benzene ring substituents is 1. The Hall–Kier alpha value is -1.91. The molecule has 1 aliphatic heterocycles. The van der Waals surface area contributed by atoms with E-state index in [0.29, 0.717) is 19.5 Å². The van der Waals surface area contributed by atoms with Crippen LogP contribution in [-0.2, 0) is 17.6 Å². The molecule has 1 heterocycles. The van der Waals surface area contributed by atoms with E-state index in [1.807, 2.05) is 6.92 Å². The number of amides is 1. The summed E-state index contributed by atoms with van der Waals surface area (Å²) >= 11 is 0. The Labute approximate surface area is 106 Å². The lowest BCUT2D eigenvalue weighted by molar-refractivity contribution is -0.385. The summed E-state index contributed by atoms with van der Waals surface area (Å²) in [4.78, 5) is 23.7. The summed E-state index contributed by atoms with van der Waals surface area (Å²) in [5.41, 5.74) is 3.25. The van der Waals surface area contributed by atoms with Crippen LogP contribution in [0.4, 0.5) is 5.69 Å². The van der Waals surface area contributed by atoms with Gasteiger partial charge in [-0.1, -0.05) is 0 Å². The van der Waals surface area contributed by atoms with Crippen molar-refractivity contribution in [3.05, 3.63) is 38.9 Å². The molecule has 96 valence electrons. The monoisotopic (exact) mass is 248 g/mol. The largest absolute Gasteiger partial charge is 0.342 e. The van der Waals surface area contributed by atoms with Crippen LogP contribution in [0, 0.1) is 17.0 Å². The van der Waals surface area contributed by atoms with Gasteiger partial charge in [-0.25, -0.2) is 0 Å². The predicted molar refractivity (Wildman–Crippen MR) is 67.5 cm³/mol. The molecule has 18 heavy (non-hydrogen) atoms. The summed E-state index contributed by atoms with van der Waals surface area (Å²) < 4.78 is 0. The second kappa shape index (κ2) is 4.76. The van der Waals surface area contributed by atoms with Crippen molar-refractivity contribution in [1.29, 1.82) is 0 Å². The van der Waals surface area contributed by atoms with Crippen molar-refractivity contribution in [2.24, 2.45) is 0 Å². The maximum Gasteiger partial charge on any atom is 0.269 e. The average Bonchev–Trinajstić information content (AvgIpc) is 2.51. The van der Waals surface area contributed by atoms with Crippen molar-refractivity contribution in [3.8, 4) is 0 Å². The van der Waals surface area contributed by atoms with Crippen molar-refractivity contribution < 1.29 is 9.72 Å². The summed E-state index contributed by atoms with van der Waals surface area (Å²) in [6.45, 7) is 4.80. The predicted octanol–water partition coefficient (Wildman–Crippen LogP) is 1.85. The molecule has 2 rings (SSSR count). The van der Waals surface area contributed by atoms with Crippen LogP contribution in [0.15, 0.2) is 12.1 Å². The number of hydrogen-bond donors (Lipinski definition) is 0. The van der Waals surface area contributed by atoms with Gasteiger partial charge in [-0.15, -0.1) is 0 Å². The zero-order valence-electron chi connectivity index (χ0n) is 10.6. The highest BCUT2D eigenvalue weighted by Crippen LogP contribution is 2.25. The number of carbonyl (C=O) groups excluding carboxylic acids is 1. The molecule has 5 nitrogen and oxygen atoms in total. The minimum Gasteiger partial charge on any atom is -0.342 e. The van der Waals surface area contributed by atoms with Crippen molar-refractivity contribution in [3.63, 3.8) is 0 Å². The number of hydrogen-bond acceptors (Lipinski definition) is 3. The van der Waals surface area contributed by atoms with Crippen LogP contribution in [0.2, 0.25) is 0 Å².